The fourth-order valence-electron chi connectivity index (χ4n) is 0.977. The van der Waals surface area contributed by atoms with Gasteiger partial charge in [-0.15, -0.1) is 0 Å². The van der Waals surface area contributed by atoms with E-state index in [1.165, 1.54) is 0 Å². The Morgan fingerprint density at radius 2 is 2.23 bits per heavy atom. The van der Waals surface area contributed by atoms with Crippen LogP contribution < -0.4 is 11.3 Å². The normalized spacial score (nSPS) is 10.8. The maximum Gasteiger partial charge on any atom is 0.264 e. The minimum Gasteiger partial charge on any atom is -0.326 e. The van der Waals surface area contributed by atoms with Gasteiger partial charge in [0.2, 0.25) is 5.56 Å². The molecule has 1 aromatic rings. The second-order valence-electron chi connectivity index (χ2n) is 2.39. The number of rotatable bonds is 2. The molecule has 3 N–H and O–H groups in total. The topological polar surface area (TPSA) is 58.9 Å². The van der Waals surface area contributed by atoms with Crippen molar-refractivity contribution in [1.82, 2.24) is 4.98 Å². The first-order valence-electron chi connectivity index (χ1n) is 3.46. The van der Waals surface area contributed by atoms with Crippen LogP contribution in [0.4, 0.5) is 8.78 Å². The number of hydrogen-bond donors (Lipinski definition) is 2. The van der Waals surface area contributed by atoms with Crippen LogP contribution in [-0.2, 0) is 6.54 Å². The van der Waals surface area contributed by atoms with Gasteiger partial charge in [0.15, 0.2) is 0 Å². The van der Waals surface area contributed by atoms with Crippen molar-refractivity contribution < 1.29 is 8.78 Å². The van der Waals surface area contributed by atoms with Crippen LogP contribution in [0.15, 0.2) is 10.9 Å². The quantitative estimate of drug-likeness (QED) is 0.640. The molecule has 0 aliphatic heterocycles. The average Bonchev–Trinajstić information content (AvgIpc) is 2.02. The van der Waals surface area contributed by atoms with Crippen molar-refractivity contribution in [3.63, 3.8) is 0 Å². The molecule has 1 heterocycles. The van der Waals surface area contributed by atoms with Crippen LogP contribution in [0, 0.1) is 3.70 Å². The molecule has 0 radical (unpaired) electrons. The number of hydrogen-bond acceptors (Lipinski definition) is 2. The Labute approximate surface area is 86.5 Å². The van der Waals surface area contributed by atoms with Gasteiger partial charge in [0.1, 0.15) is 0 Å². The van der Waals surface area contributed by atoms with Gasteiger partial charge in [-0.1, -0.05) is 0 Å². The highest BCUT2D eigenvalue weighted by atomic mass is 127. The molecule has 1 aromatic heterocycles. The third-order valence-electron chi connectivity index (χ3n) is 1.57. The zero-order chi connectivity index (χ0) is 10.0. The number of aromatic amines is 1. The second-order valence-corrected chi connectivity index (χ2v) is 3.47. The molecule has 72 valence electrons. The first kappa shape index (κ1) is 10.6. The SMILES string of the molecule is NCc1c(C(F)F)cc(=O)[nH]c1I. The Balaban J connectivity index is 3.38. The molecule has 0 fully saturated rings. The molecule has 0 atom stereocenters. The smallest absolute Gasteiger partial charge is 0.264 e. The summed E-state index contributed by atoms with van der Waals surface area (Å²) in [5.41, 5.74) is 4.77. The van der Waals surface area contributed by atoms with Crippen molar-refractivity contribution in [2.75, 3.05) is 0 Å². The van der Waals surface area contributed by atoms with Gasteiger partial charge in [0.25, 0.3) is 6.43 Å². The molecule has 0 spiro atoms. The fourth-order valence-corrected chi connectivity index (χ4v) is 1.77. The summed E-state index contributed by atoms with van der Waals surface area (Å²) >= 11 is 1.78. The highest BCUT2D eigenvalue weighted by molar-refractivity contribution is 14.1. The molecule has 0 saturated carbocycles. The Hall–Kier alpha value is -0.500. The third kappa shape index (κ3) is 2.25. The summed E-state index contributed by atoms with van der Waals surface area (Å²) in [5, 5.41) is 0. The van der Waals surface area contributed by atoms with Gasteiger partial charge >= 0.3 is 0 Å². The molecule has 13 heavy (non-hydrogen) atoms. The summed E-state index contributed by atoms with van der Waals surface area (Å²) < 4.78 is 25.1. The summed E-state index contributed by atoms with van der Waals surface area (Å²) in [6.45, 7) is -0.00523. The number of nitrogens with two attached hydrogens (primary N) is 1. The number of pyridine rings is 1. The Morgan fingerprint density at radius 3 is 2.69 bits per heavy atom. The predicted molar refractivity (Wildman–Crippen MR) is 52.6 cm³/mol. The number of aromatic nitrogens is 1. The molecule has 0 aromatic carbocycles. The number of H-pyrrole nitrogens is 1. The standard InChI is InChI=1S/C7H7F2IN2O/c8-6(9)3-1-5(13)12-7(10)4(3)2-11/h1,6H,2,11H2,(H,12,13). The summed E-state index contributed by atoms with van der Waals surface area (Å²) in [4.78, 5) is 13.3. The van der Waals surface area contributed by atoms with Crippen LogP contribution in [0.25, 0.3) is 0 Å². The first-order chi connectivity index (χ1) is 6.06. The number of nitrogens with one attached hydrogen (secondary N) is 1. The van der Waals surface area contributed by atoms with E-state index >= 15 is 0 Å². The summed E-state index contributed by atoms with van der Waals surface area (Å²) in [6, 6.07) is 0.884. The van der Waals surface area contributed by atoms with Crippen molar-refractivity contribution in [2.24, 2.45) is 5.73 Å². The first-order valence-corrected chi connectivity index (χ1v) is 4.54. The lowest BCUT2D eigenvalue weighted by molar-refractivity contribution is 0.150. The molecule has 1 rings (SSSR count). The molecule has 0 aliphatic carbocycles. The van der Waals surface area contributed by atoms with Crippen LogP contribution in [0.3, 0.4) is 0 Å². The molecule has 6 heteroatoms. The molecule has 0 unspecified atom stereocenters. The summed E-state index contributed by atoms with van der Waals surface area (Å²) in [5.74, 6) is 0. The minimum atomic E-state index is -2.66. The van der Waals surface area contributed by atoms with Gasteiger partial charge in [-0.3, -0.25) is 4.79 Å². The zero-order valence-electron chi connectivity index (χ0n) is 6.48. The molecule has 0 aliphatic rings. The van der Waals surface area contributed by atoms with Gasteiger partial charge in [-0.25, -0.2) is 8.78 Å². The highest BCUT2D eigenvalue weighted by Crippen LogP contribution is 2.23. The average molecular weight is 300 g/mol. The van der Waals surface area contributed by atoms with E-state index in [0.717, 1.165) is 6.07 Å². The molecule has 0 saturated heterocycles. The minimum absolute atomic E-state index is 0.00523. The summed E-state index contributed by atoms with van der Waals surface area (Å²) in [7, 11) is 0. The molecular weight excluding hydrogens is 293 g/mol. The van der Waals surface area contributed by atoms with Gasteiger partial charge < -0.3 is 10.7 Å². The van der Waals surface area contributed by atoms with Crippen LogP contribution in [0.1, 0.15) is 17.6 Å². The number of halogens is 3. The van der Waals surface area contributed by atoms with E-state index in [-0.39, 0.29) is 12.1 Å². The van der Waals surface area contributed by atoms with Gasteiger partial charge in [0, 0.05) is 23.7 Å². The van der Waals surface area contributed by atoms with Crippen LogP contribution in [0.2, 0.25) is 0 Å². The highest BCUT2D eigenvalue weighted by Gasteiger charge is 2.15. The van der Waals surface area contributed by atoms with E-state index in [9.17, 15) is 13.6 Å². The van der Waals surface area contributed by atoms with Crippen molar-refractivity contribution >= 4 is 22.6 Å². The molecular formula is C7H7F2IN2O. The third-order valence-corrected chi connectivity index (χ3v) is 2.49. The van der Waals surface area contributed by atoms with Gasteiger partial charge in [-0.2, -0.15) is 0 Å². The largest absolute Gasteiger partial charge is 0.326 e. The van der Waals surface area contributed by atoms with Crippen molar-refractivity contribution in [1.29, 1.82) is 0 Å². The lowest BCUT2D eigenvalue weighted by Gasteiger charge is -2.07. The Kier molecular flexibility index (Phi) is 3.37. The van der Waals surface area contributed by atoms with E-state index in [0.29, 0.717) is 9.26 Å². The van der Waals surface area contributed by atoms with Crippen molar-refractivity contribution in [3.05, 3.63) is 31.2 Å². The zero-order valence-corrected chi connectivity index (χ0v) is 8.64. The van der Waals surface area contributed by atoms with Crippen molar-refractivity contribution in [2.45, 2.75) is 13.0 Å². The lowest BCUT2D eigenvalue weighted by Crippen LogP contribution is -2.15. The maximum absolute atomic E-state index is 12.4. The van der Waals surface area contributed by atoms with Gasteiger partial charge in [-0.05, 0) is 22.6 Å². The predicted octanol–water partition coefficient (Wildman–Crippen LogP) is 1.38. The fraction of sp³-hybridized carbons (Fsp3) is 0.286. The number of alkyl halides is 2. The van der Waals surface area contributed by atoms with Crippen LogP contribution in [-0.4, -0.2) is 4.98 Å². The molecule has 0 amide bonds. The molecule has 0 bridgehead atoms. The Bertz CT molecular complexity index is 364. The van der Waals surface area contributed by atoms with Crippen molar-refractivity contribution in [3.8, 4) is 0 Å². The maximum atomic E-state index is 12.4. The summed E-state index contributed by atoms with van der Waals surface area (Å²) in [6.07, 6.45) is -2.66. The van der Waals surface area contributed by atoms with E-state index in [1.54, 1.807) is 22.6 Å². The monoisotopic (exact) mass is 300 g/mol. The van der Waals surface area contributed by atoms with E-state index < -0.39 is 12.0 Å². The second kappa shape index (κ2) is 4.14. The van der Waals surface area contributed by atoms with E-state index in [4.69, 9.17) is 5.73 Å². The van der Waals surface area contributed by atoms with Crippen LogP contribution in [0.5, 0.6) is 0 Å². The Morgan fingerprint density at radius 1 is 1.62 bits per heavy atom. The van der Waals surface area contributed by atoms with E-state index in [1.807, 2.05) is 0 Å². The lowest BCUT2D eigenvalue weighted by atomic mass is 10.1. The molecule has 3 nitrogen and oxygen atoms in total. The van der Waals surface area contributed by atoms with Gasteiger partial charge in [0.05, 0.1) is 3.70 Å². The van der Waals surface area contributed by atoms with E-state index in [2.05, 4.69) is 4.98 Å². The van der Waals surface area contributed by atoms with Crippen LogP contribution >= 0.6 is 22.6 Å².